The van der Waals surface area contributed by atoms with Crippen molar-refractivity contribution in [2.75, 3.05) is 19.0 Å². The number of methoxy groups -OCH3 is 1. The summed E-state index contributed by atoms with van der Waals surface area (Å²) in [6.45, 7) is -0.172. The highest BCUT2D eigenvalue weighted by atomic mass is 32.2. The molecule has 0 heterocycles. The number of rotatable bonds is 7. The Kier molecular flexibility index (Phi) is 6.45. The van der Waals surface area contributed by atoms with E-state index < -0.39 is 28.5 Å². The number of amides is 1. The molecule has 0 unspecified atom stereocenters. The number of hydrogen-bond donors (Lipinski definition) is 2. The summed E-state index contributed by atoms with van der Waals surface area (Å²) in [5.41, 5.74) is 1.31. The number of sulfonamides is 1. The molecule has 0 bridgehead atoms. The molecule has 0 fully saturated rings. The number of carbonyl (C=O) groups is 2. The molecule has 0 radical (unpaired) electrons. The number of anilines is 1. The minimum absolute atomic E-state index is 0.137. The molecule has 0 saturated heterocycles. The van der Waals surface area contributed by atoms with E-state index in [1.807, 2.05) is 0 Å². The number of esters is 1. The van der Waals surface area contributed by atoms with Gasteiger partial charge in [-0.25, -0.2) is 18.4 Å². The van der Waals surface area contributed by atoms with Gasteiger partial charge in [-0.15, -0.1) is 0 Å². The highest BCUT2D eigenvalue weighted by Crippen LogP contribution is 2.14. The van der Waals surface area contributed by atoms with E-state index in [1.54, 1.807) is 31.4 Å². The van der Waals surface area contributed by atoms with E-state index in [2.05, 4.69) is 5.32 Å². The molecule has 3 N–H and O–H groups in total. The summed E-state index contributed by atoms with van der Waals surface area (Å²) in [7, 11) is -2.34. The molecule has 2 aromatic rings. The Morgan fingerprint density at radius 2 is 1.85 bits per heavy atom. The molecule has 0 aliphatic carbocycles. The standard InChI is InChI=1S/C17H18N2O6S/c1-24-10-12-4-2-5-13(8-12)17(21)25-11-16(20)19-14-6-3-7-15(9-14)26(18,22)23/h2-9H,10-11H2,1H3,(H,19,20)(H2,18,22,23). The smallest absolute Gasteiger partial charge is 0.338 e. The molecule has 2 rings (SSSR count). The van der Waals surface area contributed by atoms with E-state index in [4.69, 9.17) is 14.6 Å². The maximum Gasteiger partial charge on any atom is 0.338 e. The lowest BCUT2D eigenvalue weighted by molar-refractivity contribution is -0.119. The molecule has 0 aliphatic heterocycles. The largest absolute Gasteiger partial charge is 0.452 e. The fourth-order valence-corrected chi connectivity index (χ4v) is 2.68. The number of nitrogens with two attached hydrogens (primary N) is 1. The zero-order chi connectivity index (χ0) is 19.2. The van der Waals surface area contributed by atoms with E-state index in [-0.39, 0.29) is 10.6 Å². The van der Waals surface area contributed by atoms with Gasteiger partial charge in [0.1, 0.15) is 0 Å². The molecule has 138 valence electrons. The molecular formula is C17H18N2O6S. The van der Waals surface area contributed by atoms with E-state index >= 15 is 0 Å². The van der Waals surface area contributed by atoms with Crippen molar-refractivity contribution in [1.29, 1.82) is 0 Å². The normalized spacial score (nSPS) is 11.0. The quantitative estimate of drug-likeness (QED) is 0.699. The van der Waals surface area contributed by atoms with Gasteiger partial charge < -0.3 is 14.8 Å². The highest BCUT2D eigenvalue weighted by molar-refractivity contribution is 7.89. The van der Waals surface area contributed by atoms with Crippen LogP contribution in [0.15, 0.2) is 53.4 Å². The van der Waals surface area contributed by atoms with Crippen molar-refractivity contribution in [3.8, 4) is 0 Å². The Balaban J connectivity index is 1.94. The van der Waals surface area contributed by atoms with Gasteiger partial charge in [0, 0.05) is 12.8 Å². The number of hydrogen-bond acceptors (Lipinski definition) is 6. The van der Waals surface area contributed by atoms with Gasteiger partial charge in [-0.3, -0.25) is 4.79 Å². The van der Waals surface area contributed by atoms with Crippen molar-refractivity contribution >= 4 is 27.6 Å². The first-order valence-electron chi connectivity index (χ1n) is 7.47. The van der Waals surface area contributed by atoms with E-state index in [0.717, 1.165) is 5.56 Å². The molecule has 0 aliphatic rings. The van der Waals surface area contributed by atoms with Crippen LogP contribution in [0, 0.1) is 0 Å². The molecule has 9 heteroatoms. The summed E-state index contributed by atoms with van der Waals surface area (Å²) < 4.78 is 32.6. The molecular weight excluding hydrogens is 360 g/mol. The summed E-state index contributed by atoms with van der Waals surface area (Å²) in [4.78, 5) is 23.8. The van der Waals surface area contributed by atoms with Crippen molar-refractivity contribution in [1.82, 2.24) is 0 Å². The van der Waals surface area contributed by atoms with Crippen LogP contribution in [0.2, 0.25) is 0 Å². The van der Waals surface area contributed by atoms with E-state index in [9.17, 15) is 18.0 Å². The highest BCUT2D eigenvalue weighted by Gasteiger charge is 2.12. The van der Waals surface area contributed by atoms with Crippen LogP contribution < -0.4 is 10.5 Å². The molecule has 2 aromatic carbocycles. The molecule has 8 nitrogen and oxygen atoms in total. The summed E-state index contributed by atoms with van der Waals surface area (Å²) >= 11 is 0. The average molecular weight is 378 g/mol. The predicted molar refractivity (Wildman–Crippen MR) is 93.9 cm³/mol. The molecule has 0 atom stereocenters. The first-order chi connectivity index (χ1) is 12.3. The fraction of sp³-hybridized carbons (Fsp3) is 0.176. The lowest BCUT2D eigenvalue weighted by atomic mass is 10.1. The van der Waals surface area contributed by atoms with Crippen molar-refractivity contribution in [3.63, 3.8) is 0 Å². The second-order valence-corrected chi connectivity index (χ2v) is 6.89. The summed E-state index contributed by atoms with van der Waals surface area (Å²) in [6.07, 6.45) is 0. The van der Waals surface area contributed by atoms with Crippen LogP contribution >= 0.6 is 0 Å². The van der Waals surface area contributed by atoms with Crippen molar-refractivity contribution < 1.29 is 27.5 Å². The Morgan fingerprint density at radius 1 is 1.12 bits per heavy atom. The van der Waals surface area contributed by atoms with Gasteiger partial charge in [-0.1, -0.05) is 18.2 Å². The number of ether oxygens (including phenoxy) is 2. The van der Waals surface area contributed by atoms with Gasteiger partial charge in [0.05, 0.1) is 17.1 Å². The topological polar surface area (TPSA) is 125 Å². The SMILES string of the molecule is COCc1cccc(C(=O)OCC(=O)Nc2cccc(S(N)(=O)=O)c2)c1. The molecule has 0 aromatic heterocycles. The fourth-order valence-electron chi connectivity index (χ4n) is 2.12. The minimum atomic E-state index is -3.88. The van der Waals surface area contributed by atoms with Crippen LogP contribution in [0.5, 0.6) is 0 Å². The van der Waals surface area contributed by atoms with Crippen LogP contribution in [0.1, 0.15) is 15.9 Å². The average Bonchev–Trinajstić information content (AvgIpc) is 2.60. The zero-order valence-electron chi connectivity index (χ0n) is 14.0. The van der Waals surface area contributed by atoms with Gasteiger partial charge in [0.25, 0.3) is 5.91 Å². The Hall–Kier alpha value is -2.75. The van der Waals surface area contributed by atoms with Crippen LogP contribution in [0.25, 0.3) is 0 Å². The minimum Gasteiger partial charge on any atom is -0.452 e. The van der Waals surface area contributed by atoms with Crippen molar-refractivity contribution in [2.45, 2.75) is 11.5 Å². The van der Waals surface area contributed by atoms with Crippen LogP contribution in [-0.2, 0) is 30.9 Å². The third-order valence-electron chi connectivity index (χ3n) is 3.25. The molecule has 0 spiro atoms. The van der Waals surface area contributed by atoms with Gasteiger partial charge >= 0.3 is 5.97 Å². The van der Waals surface area contributed by atoms with Gasteiger partial charge in [0.15, 0.2) is 6.61 Å². The lowest BCUT2D eigenvalue weighted by Crippen LogP contribution is -2.21. The summed E-state index contributed by atoms with van der Waals surface area (Å²) in [5.74, 6) is -1.27. The van der Waals surface area contributed by atoms with Gasteiger partial charge in [-0.2, -0.15) is 0 Å². The summed E-state index contributed by atoms with van der Waals surface area (Å²) in [5, 5.41) is 7.47. The van der Waals surface area contributed by atoms with Crippen LogP contribution in [-0.4, -0.2) is 34.0 Å². The Labute approximate surface area is 151 Å². The third kappa shape index (κ3) is 5.66. The Bertz CT molecular complexity index is 911. The number of primary sulfonamides is 1. The van der Waals surface area contributed by atoms with Crippen LogP contribution in [0.3, 0.4) is 0 Å². The third-order valence-corrected chi connectivity index (χ3v) is 4.17. The second-order valence-electron chi connectivity index (χ2n) is 5.33. The zero-order valence-corrected chi connectivity index (χ0v) is 14.8. The van der Waals surface area contributed by atoms with E-state index in [0.29, 0.717) is 12.2 Å². The summed E-state index contributed by atoms with van der Waals surface area (Å²) in [6, 6.07) is 12.1. The first-order valence-corrected chi connectivity index (χ1v) is 9.02. The molecule has 1 amide bonds. The number of carbonyl (C=O) groups excluding carboxylic acids is 2. The first kappa shape index (κ1) is 19.6. The maximum absolute atomic E-state index is 12.0. The lowest BCUT2D eigenvalue weighted by Gasteiger charge is -2.08. The van der Waals surface area contributed by atoms with Crippen molar-refractivity contribution in [3.05, 3.63) is 59.7 Å². The Morgan fingerprint density at radius 3 is 2.54 bits per heavy atom. The van der Waals surface area contributed by atoms with E-state index in [1.165, 1.54) is 24.3 Å². The van der Waals surface area contributed by atoms with Crippen molar-refractivity contribution in [2.24, 2.45) is 5.14 Å². The number of benzene rings is 2. The van der Waals surface area contributed by atoms with Crippen LogP contribution in [0.4, 0.5) is 5.69 Å². The second kappa shape index (κ2) is 8.56. The predicted octanol–water partition coefficient (Wildman–Crippen LogP) is 1.28. The number of nitrogens with one attached hydrogen (secondary N) is 1. The molecule has 26 heavy (non-hydrogen) atoms. The van der Waals surface area contributed by atoms with Gasteiger partial charge in [-0.05, 0) is 35.9 Å². The van der Waals surface area contributed by atoms with Gasteiger partial charge in [0.2, 0.25) is 10.0 Å². The molecule has 0 saturated carbocycles. The monoisotopic (exact) mass is 378 g/mol. The maximum atomic E-state index is 12.0.